The number of methoxy groups -OCH3 is 1. The zero-order chi connectivity index (χ0) is 30.8. The van der Waals surface area contributed by atoms with Crippen LogP contribution in [0.4, 0.5) is 5.69 Å². The molecule has 0 aliphatic carbocycles. The molecular formula is C34H26BrNO7S. The van der Waals surface area contributed by atoms with Crippen LogP contribution in [0.3, 0.4) is 0 Å². The standard InChI is InChI=1S/C34H26BrNO7S/c1-20-14-16-23(17-15-20)44(39,40)36-19-34(33(38)41-2)29(24-10-3-5-12-26(24)36)28-30(25-11-4-6-13-27(25)42-32(28)37)43-31(34)21-8-7-9-22(35)18-21/h3-18,29,31H,19H2,1-2H3/t29-,31-,34+/m1/s1. The highest BCUT2D eigenvalue weighted by Gasteiger charge is 2.64. The Bertz CT molecular complexity index is 2130. The Hall–Kier alpha value is -4.41. The number of anilines is 1. The van der Waals surface area contributed by atoms with Crippen molar-refractivity contribution in [2.45, 2.75) is 23.8 Å². The predicted octanol–water partition coefficient (Wildman–Crippen LogP) is 6.50. The van der Waals surface area contributed by atoms with Gasteiger partial charge in [-0.25, -0.2) is 13.2 Å². The Morgan fingerprint density at radius 1 is 0.977 bits per heavy atom. The number of nitrogens with zero attached hydrogens (tertiary/aromatic N) is 1. The molecule has 0 fully saturated rings. The molecular weight excluding hydrogens is 646 g/mol. The van der Waals surface area contributed by atoms with E-state index in [0.29, 0.717) is 27.8 Å². The number of esters is 1. The lowest BCUT2D eigenvalue weighted by atomic mass is 9.60. The third-order valence-corrected chi connectivity index (χ3v) is 10.8. The topological polar surface area (TPSA) is 103 Å². The van der Waals surface area contributed by atoms with Crippen LogP contribution in [-0.4, -0.2) is 28.0 Å². The summed E-state index contributed by atoms with van der Waals surface area (Å²) in [5, 5.41) is 0.563. The first-order chi connectivity index (χ1) is 21.2. The van der Waals surface area contributed by atoms with Crippen molar-refractivity contribution < 1.29 is 27.1 Å². The molecule has 222 valence electrons. The first-order valence-electron chi connectivity index (χ1n) is 13.9. The minimum absolute atomic E-state index is 0.0676. The molecule has 0 saturated heterocycles. The number of hydrogen-bond acceptors (Lipinski definition) is 7. The number of aryl methyl sites for hydroxylation is 1. The first kappa shape index (κ1) is 28.4. The van der Waals surface area contributed by atoms with E-state index in [9.17, 15) is 18.0 Å². The molecule has 5 aromatic rings. The second-order valence-corrected chi connectivity index (χ2v) is 13.8. The Kier molecular flexibility index (Phi) is 6.67. The van der Waals surface area contributed by atoms with Gasteiger partial charge < -0.3 is 13.9 Å². The average Bonchev–Trinajstić information content (AvgIpc) is 3.03. The van der Waals surface area contributed by atoms with E-state index in [1.807, 2.05) is 37.3 Å². The maximum atomic E-state index is 14.4. The van der Waals surface area contributed by atoms with Crippen molar-refractivity contribution in [2.75, 3.05) is 18.0 Å². The van der Waals surface area contributed by atoms with Crippen LogP contribution >= 0.6 is 15.9 Å². The van der Waals surface area contributed by atoms with Gasteiger partial charge in [0.05, 0.1) is 35.2 Å². The fraction of sp³-hybridized carbons (Fsp3) is 0.176. The first-order valence-corrected chi connectivity index (χ1v) is 16.1. The molecule has 7 rings (SSSR count). The van der Waals surface area contributed by atoms with Gasteiger partial charge in [-0.15, -0.1) is 0 Å². The van der Waals surface area contributed by atoms with Gasteiger partial charge in [-0.05, 0) is 60.5 Å². The highest BCUT2D eigenvalue weighted by Crippen LogP contribution is 2.62. The van der Waals surface area contributed by atoms with Gasteiger partial charge in [-0.3, -0.25) is 9.10 Å². The lowest BCUT2D eigenvalue weighted by Gasteiger charge is -2.52. The van der Waals surface area contributed by atoms with Gasteiger partial charge in [-0.2, -0.15) is 0 Å². The van der Waals surface area contributed by atoms with Gasteiger partial charge >= 0.3 is 11.6 Å². The average molecular weight is 673 g/mol. The maximum Gasteiger partial charge on any atom is 0.343 e. The number of sulfonamides is 1. The molecule has 3 heterocycles. The monoisotopic (exact) mass is 671 g/mol. The van der Waals surface area contributed by atoms with Gasteiger partial charge in [0.25, 0.3) is 10.0 Å². The number of hydrogen-bond donors (Lipinski definition) is 0. The molecule has 0 bridgehead atoms. The van der Waals surface area contributed by atoms with Gasteiger partial charge in [-0.1, -0.05) is 76.1 Å². The van der Waals surface area contributed by atoms with E-state index in [2.05, 4.69) is 15.9 Å². The number of carbonyl (C=O) groups excluding carboxylic acids is 1. The lowest BCUT2D eigenvalue weighted by molar-refractivity contribution is -0.162. The fourth-order valence-electron chi connectivity index (χ4n) is 6.60. The Morgan fingerprint density at radius 3 is 2.45 bits per heavy atom. The van der Waals surface area contributed by atoms with Crippen molar-refractivity contribution in [2.24, 2.45) is 5.41 Å². The third kappa shape index (κ3) is 4.11. The van der Waals surface area contributed by atoms with Crippen molar-refractivity contribution in [3.8, 4) is 5.75 Å². The summed E-state index contributed by atoms with van der Waals surface area (Å²) in [5.41, 5.74) is 0.394. The van der Waals surface area contributed by atoms with Crippen molar-refractivity contribution in [3.63, 3.8) is 0 Å². The van der Waals surface area contributed by atoms with Crippen LogP contribution < -0.4 is 14.7 Å². The molecule has 44 heavy (non-hydrogen) atoms. The fourth-order valence-corrected chi connectivity index (χ4v) is 8.56. The van der Waals surface area contributed by atoms with E-state index in [1.165, 1.54) is 11.4 Å². The molecule has 2 aliphatic heterocycles. The molecule has 10 heteroatoms. The number of halogens is 1. The highest BCUT2D eigenvalue weighted by molar-refractivity contribution is 9.10. The summed E-state index contributed by atoms with van der Waals surface area (Å²) < 4.78 is 48.8. The zero-order valence-corrected chi connectivity index (χ0v) is 26.1. The summed E-state index contributed by atoms with van der Waals surface area (Å²) in [6, 6.07) is 27.8. The maximum absolute atomic E-state index is 14.4. The normalized spacial score (nSPS) is 20.7. The van der Waals surface area contributed by atoms with Gasteiger partial charge in [0.2, 0.25) is 0 Å². The summed E-state index contributed by atoms with van der Waals surface area (Å²) in [4.78, 5) is 28.3. The molecule has 0 amide bonds. The summed E-state index contributed by atoms with van der Waals surface area (Å²) in [7, 11) is -2.95. The van der Waals surface area contributed by atoms with E-state index in [-0.39, 0.29) is 22.8 Å². The van der Waals surface area contributed by atoms with Crippen molar-refractivity contribution in [1.29, 1.82) is 0 Å². The van der Waals surface area contributed by atoms with E-state index >= 15 is 0 Å². The third-order valence-electron chi connectivity index (χ3n) is 8.55. The largest absolute Gasteiger partial charge is 0.483 e. The van der Waals surface area contributed by atoms with Crippen molar-refractivity contribution in [3.05, 3.63) is 134 Å². The number of rotatable bonds is 4. The van der Waals surface area contributed by atoms with Crippen LogP contribution in [0.15, 0.2) is 116 Å². The lowest BCUT2D eigenvalue weighted by Crippen LogP contribution is -2.59. The summed E-state index contributed by atoms with van der Waals surface area (Å²) in [6.07, 6.45) is -1.06. The van der Waals surface area contributed by atoms with Gasteiger partial charge in [0, 0.05) is 10.4 Å². The minimum atomic E-state index is -4.20. The second kappa shape index (κ2) is 10.3. The molecule has 8 nitrogen and oxygen atoms in total. The van der Waals surface area contributed by atoms with Crippen molar-refractivity contribution >= 4 is 48.6 Å². The Morgan fingerprint density at radius 2 is 1.70 bits per heavy atom. The number of para-hydroxylation sites is 2. The van der Waals surface area contributed by atoms with E-state index in [0.717, 1.165) is 10.0 Å². The molecule has 0 spiro atoms. The number of carbonyl (C=O) groups is 1. The molecule has 0 unspecified atom stereocenters. The smallest absolute Gasteiger partial charge is 0.343 e. The summed E-state index contributed by atoms with van der Waals surface area (Å²) in [5.74, 6) is -1.40. The Balaban J connectivity index is 1.60. The molecule has 3 atom stereocenters. The SMILES string of the molecule is COC(=O)[C@@]12CN(S(=O)(=O)c3ccc(C)cc3)c3ccccc3[C@@H]1c1c(c3ccccc3oc1=O)O[C@@H]2c1cccc(Br)c1. The van der Waals surface area contributed by atoms with Crippen molar-refractivity contribution in [1.82, 2.24) is 0 Å². The van der Waals surface area contributed by atoms with Crippen LogP contribution in [0, 0.1) is 12.3 Å². The highest BCUT2D eigenvalue weighted by atomic mass is 79.9. The van der Waals surface area contributed by atoms with Crippen LogP contribution in [0.2, 0.25) is 0 Å². The zero-order valence-electron chi connectivity index (χ0n) is 23.7. The number of fused-ring (bicyclic) bond motifs is 7. The summed E-state index contributed by atoms with van der Waals surface area (Å²) >= 11 is 3.53. The van der Waals surface area contributed by atoms with E-state index < -0.39 is 39.1 Å². The van der Waals surface area contributed by atoms with Gasteiger partial charge in [0.1, 0.15) is 22.9 Å². The van der Waals surface area contributed by atoms with Crippen LogP contribution in [-0.2, 0) is 19.6 Å². The molecule has 0 N–H and O–H groups in total. The number of benzene rings is 4. The van der Waals surface area contributed by atoms with Crippen LogP contribution in [0.1, 0.15) is 34.3 Å². The van der Waals surface area contributed by atoms with Crippen LogP contribution in [0.5, 0.6) is 5.75 Å². The van der Waals surface area contributed by atoms with E-state index in [4.69, 9.17) is 13.9 Å². The second-order valence-electron chi connectivity index (χ2n) is 11.0. The molecule has 2 aliphatic rings. The Labute approximate surface area is 262 Å². The molecule has 0 radical (unpaired) electrons. The van der Waals surface area contributed by atoms with Gasteiger partial charge in [0.15, 0.2) is 0 Å². The molecule has 4 aromatic carbocycles. The number of ether oxygens (including phenoxy) is 2. The van der Waals surface area contributed by atoms with E-state index in [1.54, 1.807) is 66.7 Å². The van der Waals surface area contributed by atoms with Crippen LogP contribution in [0.25, 0.3) is 11.0 Å². The summed E-state index contributed by atoms with van der Waals surface area (Å²) in [6.45, 7) is 1.51. The predicted molar refractivity (Wildman–Crippen MR) is 168 cm³/mol. The quantitative estimate of drug-likeness (QED) is 0.159. The minimum Gasteiger partial charge on any atom is -0.483 e. The molecule has 0 saturated carbocycles. The molecule has 1 aromatic heterocycles.